The molecule has 2 rings (SSSR count). The SMILES string of the molecule is COC(=O)c1cc(Br)c2nc(N)[nH]c2c1. The molecule has 0 saturated heterocycles. The van der Waals surface area contributed by atoms with Crippen LogP contribution in [0.15, 0.2) is 16.6 Å². The molecule has 5 nitrogen and oxygen atoms in total. The molecule has 6 heteroatoms. The van der Waals surface area contributed by atoms with Crippen LogP contribution in [0.3, 0.4) is 0 Å². The quantitative estimate of drug-likeness (QED) is 0.773. The minimum Gasteiger partial charge on any atom is -0.465 e. The Kier molecular flexibility index (Phi) is 2.36. The number of imidazole rings is 1. The number of nitrogen functional groups attached to an aromatic ring is 1. The molecule has 1 aromatic heterocycles. The number of nitrogens with one attached hydrogen (secondary N) is 1. The van der Waals surface area contributed by atoms with Gasteiger partial charge in [-0.3, -0.25) is 0 Å². The number of rotatable bonds is 1. The molecule has 0 aliphatic carbocycles. The first-order chi connectivity index (χ1) is 7.11. The molecule has 0 fully saturated rings. The number of H-pyrrole nitrogens is 1. The van der Waals surface area contributed by atoms with E-state index < -0.39 is 5.97 Å². The summed E-state index contributed by atoms with van der Waals surface area (Å²) in [5, 5.41) is 0. The van der Waals surface area contributed by atoms with Crippen LogP contribution in [0, 0.1) is 0 Å². The number of methoxy groups -OCH3 is 1. The molecule has 2 aromatic rings. The molecule has 0 aliphatic rings. The van der Waals surface area contributed by atoms with Crippen LogP contribution in [-0.2, 0) is 4.74 Å². The van der Waals surface area contributed by atoms with Crippen LogP contribution in [0.1, 0.15) is 10.4 Å². The zero-order chi connectivity index (χ0) is 11.0. The molecule has 0 radical (unpaired) electrons. The Hall–Kier alpha value is -1.56. The number of carbonyl (C=O) groups is 1. The van der Waals surface area contributed by atoms with E-state index in [1.165, 1.54) is 7.11 Å². The molecule has 0 unspecified atom stereocenters. The van der Waals surface area contributed by atoms with Gasteiger partial charge in [-0.05, 0) is 28.1 Å². The topological polar surface area (TPSA) is 81.0 Å². The van der Waals surface area contributed by atoms with E-state index in [4.69, 9.17) is 5.73 Å². The first kappa shape index (κ1) is 9.97. The predicted molar refractivity (Wildman–Crippen MR) is 59.5 cm³/mol. The van der Waals surface area contributed by atoms with Gasteiger partial charge in [-0.25, -0.2) is 9.78 Å². The van der Waals surface area contributed by atoms with Crippen LogP contribution >= 0.6 is 15.9 Å². The minimum atomic E-state index is -0.397. The highest BCUT2D eigenvalue weighted by molar-refractivity contribution is 9.10. The molecule has 15 heavy (non-hydrogen) atoms. The Labute approximate surface area is 93.8 Å². The Morgan fingerprint density at radius 2 is 2.33 bits per heavy atom. The van der Waals surface area contributed by atoms with Crippen molar-refractivity contribution in [3.05, 3.63) is 22.2 Å². The Morgan fingerprint density at radius 1 is 1.60 bits per heavy atom. The average Bonchev–Trinajstić information content (AvgIpc) is 2.58. The highest BCUT2D eigenvalue weighted by atomic mass is 79.9. The van der Waals surface area contributed by atoms with Crippen molar-refractivity contribution in [3.63, 3.8) is 0 Å². The van der Waals surface area contributed by atoms with Crippen molar-refractivity contribution in [1.82, 2.24) is 9.97 Å². The van der Waals surface area contributed by atoms with Crippen molar-refractivity contribution in [1.29, 1.82) is 0 Å². The van der Waals surface area contributed by atoms with Crippen LogP contribution < -0.4 is 5.73 Å². The molecule has 0 spiro atoms. The van der Waals surface area contributed by atoms with Gasteiger partial charge in [0.25, 0.3) is 0 Å². The fourth-order valence-corrected chi connectivity index (χ4v) is 1.88. The molecule has 1 aromatic carbocycles. The second kappa shape index (κ2) is 3.54. The first-order valence-corrected chi connectivity index (χ1v) is 4.94. The lowest BCUT2D eigenvalue weighted by molar-refractivity contribution is 0.0601. The molecular weight excluding hydrogens is 262 g/mol. The standard InChI is InChI=1S/C9H8BrN3O2/c1-15-8(14)4-2-5(10)7-6(3-4)12-9(11)13-7/h2-3H,1H3,(H3,11,12,13). The molecule has 0 amide bonds. The van der Waals surface area contributed by atoms with E-state index in [-0.39, 0.29) is 0 Å². The van der Waals surface area contributed by atoms with Crippen LogP contribution in [0.4, 0.5) is 5.95 Å². The van der Waals surface area contributed by atoms with Crippen molar-refractivity contribution in [2.75, 3.05) is 12.8 Å². The maximum atomic E-state index is 11.3. The smallest absolute Gasteiger partial charge is 0.337 e. The third-order valence-electron chi connectivity index (χ3n) is 1.98. The number of nitrogens with two attached hydrogens (primary N) is 1. The number of aromatic amines is 1. The minimum absolute atomic E-state index is 0.313. The van der Waals surface area contributed by atoms with E-state index in [1.54, 1.807) is 12.1 Å². The molecule has 0 saturated carbocycles. The number of hydrogen-bond acceptors (Lipinski definition) is 4. The van der Waals surface area contributed by atoms with E-state index in [9.17, 15) is 4.79 Å². The summed E-state index contributed by atoms with van der Waals surface area (Å²) in [7, 11) is 1.34. The van der Waals surface area contributed by atoms with E-state index >= 15 is 0 Å². The third-order valence-corrected chi connectivity index (χ3v) is 2.58. The largest absolute Gasteiger partial charge is 0.465 e. The number of benzene rings is 1. The fraction of sp³-hybridized carbons (Fsp3) is 0.111. The lowest BCUT2D eigenvalue weighted by atomic mass is 10.2. The van der Waals surface area contributed by atoms with Gasteiger partial charge < -0.3 is 15.5 Å². The van der Waals surface area contributed by atoms with Gasteiger partial charge in [0.2, 0.25) is 0 Å². The van der Waals surface area contributed by atoms with Crippen LogP contribution in [-0.4, -0.2) is 23.0 Å². The third kappa shape index (κ3) is 1.68. The zero-order valence-corrected chi connectivity index (χ0v) is 9.46. The number of halogens is 1. The number of fused-ring (bicyclic) bond motifs is 1. The van der Waals surface area contributed by atoms with Gasteiger partial charge in [-0.15, -0.1) is 0 Å². The maximum Gasteiger partial charge on any atom is 0.337 e. The predicted octanol–water partition coefficient (Wildman–Crippen LogP) is 1.69. The van der Waals surface area contributed by atoms with Gasteiger partial charge in [-0.1, -0.05) is 0 Å². The molecule has 1 heterocycles. The van der Waals surface area contributed by atoms with Crippen molar-refractivity contribution in [3.8, 4) is 0 Å². The number of aromatic nitrogens is 2. The number of nitrogens with zero attached hydrogens (tertiary/aromatic N) is 1. The van der Waals surface area contributed by atoms with Gasteiger partial charge >= 0.3 is 5.97 Å². The summed E-state index contributed by atoms with van der Waals surface area (Å²) in [6.45, 7) is 0. The Morgan fingerprint density at radius 3 is 3.00 bits per heavy atom. The molecule has 0 atom stereocenters. The van der Waals surface area contributed by atoms with E-state index in [0.717, 1.165) is 0 Å². The second-order valence-electron chi connectivity index (χ2n) is 2.97. The summed E-state index contributed by atoms with van der Waals surface area (Å²) in [5.74, 6) is -0.0847. The van der Waals surface area contributed by atoms with Gasteiger partial charge in [0, 0.05) is 4.47 Å². The normalized spacial score (nSPS) is 10.5. The van der Waals surface area contributed by atoms with E-state index in [0.29, 0.717) is 27.0 Å². The number of ether oxygens (including phenoxy) is 1. The Bertz CT molecular complexity index is 535. The lowest BCUT2D eigenvalue weighted by Gasteiger charge is -2.00. The lowest BCUT2D eigenvalue weighted by Crippen LogP contribution is -2.00. The summed E-state index contributed by atoms with van der Waals surface area (Å²) >= 11 is 3.31. The van der Waals surface area contributed by atoms with Crippen molar-refractivity contribution in [2.24, 2.45) is 0 Å². The highest BCUT2D eigenvalue weighted by Gasteiger charge is 2.11. The van der Waals surface area contributed by atoms with Gasteiger partial charge in [-0.2, -0.15) is 0 Å². The average molecular weight is 270 g/mol. The summed E-state index contributed by atoms with van der Waals surface area (Å²) in [5.41, 5.74) is 7.35. The monoisotopic (exact) mass is 269 g/mol. The molecular formula is C9H8BrN3O2. The zero-order valence-electron chi connectivity index (χ0n) is 7.87. The van der Waals surface area contributed by atoms with Gasteiger partial charge in [0.05, 0.1) is 18.2 Å². The molecule has 0 bridgehead atoms. The van der Waals surface area contributed by atoms with Crippen molar-refractivity contribution in [2.45, 2.75) is 0 Å². The summed E-state index contributed by atoms with van der Waals surface area (Å²) in [6, 6.07) is 3.30. The molecule has 0 aliphatic heterocycles. The van der Waals surface area contributed by atoms with Crippen molar-refractivity contribution < 1.29 is 9.53 Å². The second-order valence-corrected chi connectivity index (χ2v) is 3.82. The number of esters is 1. The summed E-state index contributed by atoms with van der Waals surface area (Å²) in [6.07, 6.45) is 0. The molecule has 3 N–H and O–H groups in total. The number of carbonyl (C=O) groups excluding carboxylic acids is 1. The van der Waals surface area contributed by atoms with Crippen molar-refractivity contribution >= 4 is 38.9 Å². The van der Waals surface area contributed by atoms with E-state index in [2.05, 4.69) is 30.6 Å². The maximum absolute atomic E-state index is 11.3. The van der Waals surface area contributed by atoms with Crippen LogP contribution in [0.2, 0.25) is 0 Å². The van der Waals surface area contributed by atoms with Gasteiger partial charge in [0.15, 0.2) is 5.95 Å². The van der Waals surface area contributed by atoms with Crippen LogP contribution in [0.25, 0.3) is 11.0 Å². The summed E-state index contributed by atoms with van der Waals surface area (Å²) < 4.78 is 5.32. The van der Waals surface area contributed by atoms with Gasteiger partial charge in [0.1, 0.15) is 5.52 Å². The first-order valence-electron chi connectivity index (χ1n) is 4.15. The van der Waals surface area contributed by atoms with E-state index in [1.807, 2.05) is 0 Å². The Balaban J connectivity index is 2.66. The van der Waals surface area contributed by atoms with Crippen LogP contribution in [0.5, 0.6) is 0 Å². The summed E-state index contributed by atoms with van der Waals surface area (Å²) in [4.78, 5) is 18.2. The number of anilines is 1. The number of hydrogen-bond donors (Lipinski definition) is 2. The fourth-order valence-electron chi connectivity index (χ4n) is 1.33. The molecule has 78 valence electrons. The highest BCUT2D eigenvalue weighted by Crippen LogP contribution is 2.24.